The quantitative estimate of drug-likeness (QED) is 0.747. The lowest BCUT2D eigenvalue weighted by molar-refractivity contribution is 0.107. The van der Waals surface area contributed by atoms with Crippen molar-refractivity contribution >= 4 is 32.7 Å². The molecule has 0 amide bonds. The summed E-state index contributed by atoms with van der Waals surface area (Å²) in [6, 6.07) is 3.55. The normalized spacial score (nSPS) is 25.7. The average molecular weight is 427 g/mol. The number of benzene rings is 1. The zero-order chi connectivity index (χ0) is 18.5. The van der Waals surface area contributed by atoms with Crippen LogP contribution in [0.5, 0.6) is 6.01 Å². The molecule has 2 aliphatic heterocycles. The molecule has 1 aromatic heterocycles. The largest absolute Gasteiger partial charge is 0.461 e. The summed E-state index contributed by atoms with van der Waals surface area (Å²) in [7, 11) is 3.68. The Balaban J connectivity index is 1.67. The first kappa shape index (κ1) is 17.9. The number of hydrogen-bond donors (Lipinski definition) is 0. The first-order valence-corrected chi connectivity index (χ1v) is 9.54. The third-order valence-corrected chi connectivity index (χ3v) is 5.99. The van der Waals surface area contributed by atoms with Gasteiger partial charge in [-0.05, 0) is 47.4 Å². The van der Waals surface area contributed by atoms with Crippen molar-refractivity contribution in [2.75, 3.05) is 38.7 Å². The molecule has 2 saturated heterocycles. The molecule has 2 fully saturated rings. The predicted octanol–water partition coefficient (Wildman–Crippen LogP) is 3.55. The van der Waals surface area contributed by atoms with Crippen molar-refractivity contribution in [2.45, 2.75) is 31.0 Å². The van der Waals surface area contributed by atoms with Crippen molar-refractivity contribution in [3.05, 3.63) is 22.4 Å². The standard InChI is InChI=1S/C18H21BrF2N4O/c1-24(2)16-12-4-5-13(19)14(21)15(12)22-17(23-16)26-10-18-6-3-7-25(18)9-11(20)8-18/h4-5,11H,3,6-10H2,1-2H3/t11-,18+/m1/s1. The molecule has 2 aliphatic rings. The van der Waals surface area contributed by atoms with Crippen molar-refractivity contribution in [3.8, 4) is 6.01 Å². The zero-order valence-corrected chi connectivity index (χ0v) is 16.4. The van der Waals surface area contributed by atoms with E-state index in [1.165, 1.54) is 0 Å². The van der Waals surface area contributed by atoms with Crippen LogP contribution in [-0.2, 0) is 0 Å². The molecule has 2 atom stereocenters. The first-order valence-electron chi connectivity index (χ1n) is 8.75. The van der Waals surface area contributed by atoms with Crippen molar-refractivity contribution in [3.63, 3.8) is 0 Å². The number of aromatic nitrogens is 2. The molecule has 2 aromatic rings. The summed E-state index contributed by atoms with van der Waals surface area (Å²) in [6.07, 6.45) is 1.60. The van der Waals surface area contributed by atoms with E-state index in [2.05, 4.69) is 30.8 Å². The molecule has 4 rings (SSSR count). The molecule has 0 unspecified atom stereocenters. The highest BCUT2D eigenvalue weighted by Crippen LogP contribution is 2.40. The van der Waals surface area contributed by atoms with E-state index in [0.29, 0.717) is 35.2 Å². The van der Waals surface area contributed by atoms with Gasteiger partial charge in [0, 0.05) is 32.4 Å². The highest BCUT2D eigenvalue weighted by molar-refractivity contribution is 9.10. The minimum absolute atomic E-state index is 0.127. The maximum absolute atomic E-state index is 14.6. The summed E-state index contributed by atoms with van der Waals surface area (Å²) in [6.45, 7) is 1.68. The van der Waals surface area contributed by atoms with Gasteiger partial charge in [0.2, 0.25) is 0 Å². The van der Waals surface area contributed by atoms with Gasteiger partial charge in [-0.2, -0.15) is 9.97 Å². The average Bonchev–Trinajstić information content (AvgIpc) is 3.11. The van der Waals surface area contributed by atoms with Crippen LogP contribution in [0.15, 0.2) is 16.6 Å². The van der Waals surface area contributed by atoms with Crippen molar-refractivity contribution in [1.82, 2.24) is 14.9 Å². The summed E-state index contributed by atoms with van der Waals surface area (Å²) in [5.74, 6) is 0.148. The lowest BCUT2D eigenvalue weighted by Crippen LogP contribution is -2.43. The molecule has 0 saturated carbocycles. The Morgan fingerprint density at radius 1 is 1.38 bits per heavy atom. The van der Waals surface area contributed by atoms with Crippen LogP contribution in [-0.4, -0.2) is 60.4 Å². The van der Waals surface area contributed by atoms with E-state index in [1.807, 2.05) is 14.1 Å². The molecule has 0 N–H and O–H groups in total. The minimum Gasteiger partial charge on any atom is -0.461 e. The fraction of sp³-hybridized carbons (Fsp3) is 0.556. The van der Waals surface area contributed by atoms with Gasteiger partial charge in [0.15, 0.2) is 5.82 Å². The molecule has 140 valence electrons. The Kier molecular flexibility index (Phi) is 4.51. The fourth-order valence-electron chi connectivity index (χ4n) is 4.15. The van der Waals surface area contributed by atoms with Gasteiger partial charge < -0.3 is 9.64 Å². The highest BCUT2D eigenvalue weighted by Gasteiger charge is 2.49. The Hall–Kier alpha value is -1.54. The summed E-state index contributed by atoms with van der Waals surface area (Å²) in [5, 5.41) is 0.619. The number of ether oxygens (including phenoxy) is 1. The van der Waals surface area contributed by atoms with Gasteiger partial charge in [-0.1, -0.05) is 0 Å². The number of alkyl halides is 1. The number of hydrogen-bond acceptors (Lipinski definition) is 5. The van der Waals surface area contributed by atoms with Crippen LogP contribution in [0.1, 0.15) is 19.3 Å². The first-order chi connectivity index (χ1) is 12.4. The zero-order valence-electron chi connectivity index (χ0n) is 14.8. The van der Waals surface area contributed by atoms with Crippen molar-refractivity contribution in [1.29, 1.82) is 0 Å². The van der Waals surface area contributed by atoms with Crippen LogP contribution in [0.3, 0.4) is 0 Å². The van der Waals surface area contributed by atoms with E-state index in [9.17, 15) is 8.78 Å². The Morgan fingerprint density at radius 2 is 2.19 bits per heavy atom. The van der Waals surface area contributed by atoms with E-state index in [1.54, 1.807) is 17.0 Å². The molecule has 0 spiro atoms. The maximum Gasteiger partial charge on any atom is 0.319 e. The van der Waals surface area contributed by atoms with E-state index in [0.717, 1.165) is 19.4 Å². The molecular weight excluding hydrogens is 406 g/mol. The smallest absolute Gasteiger partial charge is 0.319 e. The van der Waals surface area contributed by atoms with Crippen LogP contribution < -0.4 is 9.64 Å². The number of anilines is 1. The van der Waals surface area contributed by atoms with E-state index in [-0.39, 0.29) is 17.1 Å². The highest BCUT2D eigenvalue weighted by atomic mass is 79.9. The molecule has 26 heavy (non-hydrogen) atoms. The lowest BCUT2D eigenvalue weighted by Gasteiger charge is -2.30. The summed E-state index contributed by atoms with van der Waals surface area (Å²) < 4.78 is 34.7. The Morgan fingerprint density at radius 3 is 2.96 bits per heavy atom. The number of nitrogens with zero attached hydrogens (tertiary/aromatic N) is 4. The molecule has 8 heteroatoms. The van der Waals surface area contributed by atoms with E-state index in [4.69, 9.17) is 4.74 Å². The topological polar surface area (TPSA) is 41.5 Å². The van der Waals surface area contributed by atoms with Crippen molar-refractivity contribution in [2.24, 2.45) is 0 Å². The molecule has 5 nitrogen and oxygen atoms in total. The third kappa shape index (κ3) is 2.93. The Bertz CT molecular complexity index is 850. The molecule has 0 bridgehead atoms. The molecule has 3 heterocycles. The van der Waals surface area contributed by atoms with Crippen LogP contribution >= 0.6 is 15.9 Å². The Labute approximate surface area is 159 Å². The van der Waals surface area contributed by atoms with Crippen LogP contribution in [0.25, 0.3) is 10.9 Å². The van der Waals surface area contributed by atoms with Gasteiger partial charge in [-0.15, -0.1) is 0 Å². The summed E-state index contributed by atoms with van der Waals surface area (Å²) >= 11 is 3.20. The van der Waals surface area contributed by atoms with Gasteiger partial charge in [-0.25, -0.2) is 8.78 Å². The van der Waals surface area contributed by atoms with Gasteiger partial charge in [0.1, 0.15) is 24.1 Å². The molecule has 0 aliphatic carbocycles. The second-order valence-electron chi connectivity index (χ2n) is 7.35. The third-order valence-electron chi connectivity index (χ3n) is 5.37. The van der Waals surface area contributed by atoms with Crippen molar-refractivity contribution < 1.29 is 13.5 Å². The van der Waals surface area contributed by atoms with Gasteiger partial charge >= 0.3 is 6.01 Å². The summed E-state index contributed by atoms with van der Waals surface area (Å²) in [4.78, 5) is 12.7. The van der Waals surface area contributed by atoms with Crippen LogP contribution in [0.4, 0.5) is 14.6 Å². The minimum atomic E-state index is -0.817. The SMILES string of the molecule is CN(C)c1nc(OC[C@@]23CCCN2C[C@H](F)C3)nc2c(F)c(Br)ccc12. The lowest BCUT2D eigenvalue weighted by atomic mass is 9.95. The van der Waals surface area contributed by atoms with Gasteiger partial charge in [0.05, 0.1) is 10.0 Å². The van der Waals surface area contributed by atoms with Gasteiger partial charge in [-0.3, -0.25) is 4.90 Å². The second kappa shape index (κ2) is 6.56. The fourth-order valence-corrected chi connectivity index (χ4v) is 4.47. The number of halogens is 3. The van der Waals surface area contributed by atoms with E-state index >= 15 is 0 Å². The molecular formula is C18H21BrF2N4O. The van der Waals surface area contributed by atoms with Crippen LogP contribution in [0.2, 0.25) is 0 Å². The summed E-state index contributed by atoms with van der Waals surface area (Å²) in [5.41, 5.74) is -0.0742. The number of fused-ring (bicyclic) bond motifs is 2. The maximum atomic E-state index is 14.6. The molecule has 1 aromatic carbocycles. The molecule has 0 radical (unpaired) electrons. The van der Waals surface area contributed by atoms with Gasteiger partial charge in [0.25, 0.3) is 0 Å². The monoisotopic (exact) mass is 426 g/mol. The van der Waals surface area contributed by atoms with E-state index < -0.39 is 12.0 Å². The predicted molar refractivity (Wildman–Crippen MR) is 100 cm³/mol. The second-order valence-corrected chi connectivity index (χ2v) is 8.20. The van der Waals surface area contributed by atoms with Crippen LogP contribution in [0, 0.1) is 5.82 Å². The number of rotatable bonds is 4.